The lowest BCUT2D eigenvalue weighted by molar-refractivity contribution is 0.806. The summed E-state index contributed by atoms with van der Waals surface area (Å²) in [6, 6.07) is 14.5. The molecule has 1 nitrogen and oxygen atoms in total. The first kappa shape index (κ1) is 10.1. The Morgan fingerprint density at radius 2 is 1.46 bits per heavy atom. The van der Waals surface area contributed by atoms with Gasteiger partial charge in [0.1, 0.15) is 0 Å². The minimum Gasteiger partial charge on any atom is -0.350 e. The van der Waals surface area contributed by atoms with Gasteiger partial charge in [0, 0.05) is 18.9 Å². The van der Waals surface area contributed by atoms with E-state index in [1.165, 1.54) is 5.56 Å². The third-order valence-corrected chi connectivity index (χ3v) is 1.87. The number of aromatic nitrogens is 1. The lowest BCUT2D eigenvalue weighted by Crippen LogP contribution is -1.94. The second-order valence-electron chi connectivity index (χ2n) is 2.84. The standard InChI is InChI=1S/C11H11N.BrH/c1-2-6-11(7-3-1)10-12-8-4-5-9-12;/h1-9H,10H2;1H. The minimum absolute atomic E-state index is 0. The van der Waals surface area contributed by atoms with E-state index >= 15 is 0 Å². The molecule has 0 aliphatic carbocycles. The van der Waals surface area contributed by atoms with Gasteiger partial charge in [0.25, 0.3) is 0 Å². The smallest absolute Gasteiger partial charge is 0.0470 e. The molecule has 1 aromatic heterocycles. The predicted octanol–water partition coefficient (Wildman–Crippen LogP) is 3.11. The number of nitrogens with zero attached hydrogens (tertiary/aromatic N) is 1. The number of halogens is 1. The van der Waals surface area contributed by atoms with E-state index in [2.05, 4.69) is 41.2 Å². The highest BCUT2D eigenvalue weighted by Gasteiger charge is 1.90. The highest BCUT2D eigenvalue weighted by Crippen LogP contribution is 2.01. The summed E-state index contributed by atoms with van der Waals surface area (Å²) in [4.78, 5) is 0. The van der Waals surface area contributed by atoms with Crippen LogP contribution < -0.4 is 0 Å². The molecule has 0 amide bonds. The van der Waals surface area contributed by atoms with Crippen LogP contribution in [0.2, 0.25) is 0 Å². The lowest BCUT2D eigenvalue weighted by Gasteiger charge is -2.01. The molecule has 0 unspecified atom stereocenters. The maximum Gasteiger partial charge on any atom is 0.0470 e. The first-order valence-electron chi connectivity index (χ1n) is 4.10. The van der Waals surface area contributed by atoms with Gasteiger partial charge in [-0.05, 0) is 17.7 Å². The molecule has 0 atom stereocenters. The van der Waals surface area contributed by atoms with Gasteiger partial charge in [-0.1, -0.05) is 30.3 Å². The van der Waals surface area contributed by atoms with E-state index in [1.54, 1.807) is 0 Å². The van der Waals surface area contributed by atoms with Crippen LogP contribution in [-0.4, -0.2) is 4.57 Å². The number of hydrogen-bond acceptors (Lipinski definition) is 0. The normalized spacial score (nSPS) is 9.23. The van der Waals surface area contributed by atoms with Gasteiger partial charge in [0.05, 0.1) is 0 Å². The van der Waals surface area contributed by atoms with Crippen molar-refractivity contribution in [2.45, 2.75) is 6.54 Å². The molecule has 0 fully saturated rings. The molecule has 2 rings (SSSR count). The number of benzene rings is 1. The summed E-state index contributed by atoms with van der Waals surface area (Å²) < 4.78 is 2.16. The van der Waals surface area contributed by atoms with Crippen molar-refractivity contribution in [3.63, 3.8) is 0 Å². The molecule has 0 aliphatic rings. The quantitative estimate of drug-likeness (QED) is 0.757. The van der Waals surface area contributed by atoms with Crippen molar-refractivity contribution < 1.29 is 0 Å². The molecule has 2 heteroatoms. The van der Waals surface area contributed by atoms with Crippen LogP contribution in [0.15, 0.2) is 54.9 Å². The third kappa shape index (κ3) is 2.74. The Morgan fingerprint density at radius 3 is 2.08 bits per heavy atom. The maximum absolute atomic E-state index is 2.16. The predicted molar refractivity (Wildman–Crippen MR) is 60.3 cm³/mol. The molecular formula is C11H12BrN. The summed E-state index contributed by atoms with van der Waals surface area (Å²) in [5, 5.41) is 0. The molecule has 0 N–H and O–H groups in total. The summed E-state index contributed by atoms with van der Waals surface area (Å²) in [5.41, 5.74) is 1.34. The zero-order valence-electron chi connectivity index (χ0n) is 7.26. The van der Waals surface area contributed by atoms with Gasteiger partial charge in [-0.25, -0.2) is 0 Å². The van der Waals surface area contributed by atoms with E-state index in [0.717, 1.165) is 6.54 Å². The Balaban J connectivity index is 0.000000845. The minimum atomic E-state index is 0. The van der Waals surface area contributed by atoms with Gasteiger partial charge in [-0.2, -0.15) is 0 Å². The largest absolute Gasteiger partial charge is 0.350 e. The van der Waals surface area contributed by atoms with Crippen LogP contribution in [0.4, 0.5) is 0 Å². The molecule has 13 heavy (non-hydrogen) atoms. The first-order valence-corrected chi connectivity index (χ1v) is 4.10. The van der Waals surface area contributed by atoms with Crippen LogP contribution in [0.5, 0.6) is 0 Å². The maximum atomic E-state index is 2.16. The van der Waals surface area contributed by atoms with Crippen molar-refractivity contribution in [3.05, 3.63) is 60.4 Å². The highest BCUT2D eigenvalue weighted by atomic mass is 79.9. The molecule has 2 aromatic rings. The van der Waals surface area contributed by atoms with E-state index in [9.17, 15) is 0 Å². The van der Waals surface area contributed by atoms with Crippen molar-refractivity contribution in [1.29, 1.82) is 0 Å². The Morgan fingerprint density at radius 1 is 0.846 bits per heavy atom. The number of hydrogen-bond donors (Lipinski definition) is 0. The van der Waals surface area contributed by atoms with Crippen molar-refractivity contribution >= 4 is 17.0 Å². The summed E-state index contributed by atoms with van der Waals surface area (Å²) in [7, 11) is 0. The van der Waals surface area contributed by atoms with E-state index in [-0.39, 0.29) is 17.0 Å². The fourth-order valence-corrected chi connectivity index (χ4v) is 1.27. The Bertz CT molecular complexity index is 326. The highest BCUT2D eigenvalue weighted by molar-refractivity contribution is 8.93. The van der Waals surface area contributed by atoms with Crippen LogP contribution in [0, 0.1) is 0 Å². The Labute approximate surface area is 88.8 Å². The average Bonchev–Trinajstić information content (AvgIpc) is 2.59. The molecule has 0 radical (unpaired) electrons. The summed E-state index contributed by atoms with van der Waals surface area (Å²) in [6.45, 7) is 0.966. The molecular weight excluding hydrogens is 226 g/mol. The molecule has 0 saturated carbocycles. The average molecular weight is 238 g/mol. The van der Waals surface area contributed by atoms with Crippen LogP contribution in [0.3, 0.4) is 0 Å². The molecule has 68 valence electrons. The lowest BCUT2D eigenvalue weighted by atomic mass is 10.2. The fraction of sp³-hybridized carbons (Fsp3) is 0.0909. The van der Waals surface area contributed by atoms with E-state index in [1.807, 2.05) is 18.2 Å². The van der Waals surface area contributed by atoms with E-state index < -0.39 is 0 Å². The van der Waals surface area contributed by atoms with Gasteiger partial charge in [-0.3, -0.25) is 0 Å². The van der Waals surface area contributed by atoms with Crippen molar-refractivity contribution in [2.24, 2.45) is 0 Å². The second-order valence-corrected chi connectivity index (χ2v) is 2.84. The van der Waals surface area contributed by atoms with Gasteiger partial charge >= 0.3 is 0 Å². The number of rotatable bonds is 2. The van der Waals surface area contributed by atoms with Gasteiger partial charge in [-0.15, -0.1) is 17.0 Å². The third-order valence-electron chi connectivity index (χ3n) is 1.87. The molecule has 0 bridgehead atoms. The van der Waals surface area contributed by atoms with Crippen molar-refractivity contribution in [3.8, 4) is 0 Å². The van der Waals surface area contributed by atoms with Crippen LogP contribution in [0.25, 0.3) is 0 Å². The van der Waals surface area contributed by atoms with Crippen molar-refractivity contribution in [1.82, 2.24) is 4.57 Å². The van der Waals surface area contributed by atoms with E-state index in [4.69, 9.17) is 0 Å². The Kier molecular flexibility index (Phi) is 3.77. The van der Waals surface area contributed by atoms with Gasteiger partial charge in [0.15, 0.2) is 0 Å². The summed E-state index contributed by atoms with van der Waals surface area (Å²) in [6.07, 6.45) is 4.15. The summed E-state index contributed by atoms with van der Waals surface area (Å²) in [5.74, 6) is 0. The second kappa shape index (κ2) is 4.87. The first-order chi connectivity index (χ1) is 5.95. The van der Waals surface area contributed by atoms with Gasteiger partial charge < -0.3 is 4.57 Å². The topological polar surface area (TPSA) is 4.93 Å². The monoisotopic (exact) mass is 237 g/mol. The van der Waals surface area contributed by atoms with Crippen LogP contribution in [0.1, 0.15) is 5.56 Å². The molecule has 0 saturated heterocycles. The molecule has 1 aromatic carbocycles. The zero-order chi connectivity index (χ0) is 8.23. The van der Waals surface area contributed by atoms with Crippen molar-refractivity contribution in [2.75, 3.05) is 0 Å². The molecule has 1 heterocycles. The summed E-state index contributed by atoms with van der Waals surface area (Å²) >= 11 is 0. The molecule has 0 aliphatic heterocycles. The zero-order valence-corrected chi connectivity index (χ0v) is 8.97. The van der Waals surface area contributed by atoms with Gasteiger partial charge in [0.2, 0.25) is 0 Å². The SMILES string of the molecule is Br.c1ccc(Cn2cccc2)cc1. The van der Waals surface area contributed by atoms with Crippen LogP contribution in [-0.2, 0) is 6.54 Å². The van der Waals surface area contributed by atoms with E-state index in [0.29, 0.717) is 0 Å². The fourth-order valence-electron chi connectivity index (χ4n) is 1.27. The Hall–Kier alpha value is -1.02. The van der Waals surface area contributed by atoms with Crippen LogP contribution >= 0.6 is 17.0 Å². The molecule has 0 spiro atoms.